The van der Waals surface area contributed by atoms with E-state index >= 15 is 0 Å². The minimum absolute atomic E-state index is 0.166. The van der Waals surface area contributed by atoms with Crippen LogP contribution in [-0.2, 0) is 0 Å². The zero-order valence-corrected chi connectivity index (χ0v) is 23.1. The predicted octanol–water partition coefficient (Wildman–Crippen LogP) is 7.09. The number of benzene rings is 3. The lowest BCUT2D eigenvalue weighted by Gasteiger charge is -2.24. The summed E-state index contributed by atoms with van der Waals surface area (Å²) >= 11 is 2.63. The van der Waals surface area contributed by atoms with E-state index in [-0.39, 0.29) is 38.3 Å². The Bertz CT molecular complexity index is 1420. The molecule has 196 valence electrons. The zero-order chi connectivity index (χ0) is 27.4. The molecule has 0 saturated carbocycles. The number of ketones is 2. The van der Waals surface area contributed by atoms with Crippen molar-refractivity contribution in [1.82, 2.24) is 0 Å². The molecule has 1 aliphatic carbocycles. The molecular weight excluding hydrogens is 520 g/mol. The second kappa shape index (κ2) is 11.8. The van der Waals surface area contributed by atoms with Crippen molar-refractivity contribution >= 4 is 35.1 Å². The van der Waals surface area contributed by atoms with Gasteiger partial charge in [-0.3, -0.25) is 9.59 Å². The molecule has 1 unspecified atom stereocenters. The summed E-state index contributed by atoms with van der Waals surface area (Å²) in [5.74, 6) is -0.253. The summed E-state index contributed by atoms with van der Waals surface area (Å²) in [7, 11) is 3.17. The molecule has 0 fully saturated rings. The molecule has 4 rings (SSSR count). The zero-order valence-electron chi connectivity index (χ0n) is 21.5. The Morgan fingerprint density at radius 2 is 1.47 bits per heavy atom. The van der Waals surface area contributed by atoms with Crippen LogP contribution in [0.15, 0.2) is 92.6 Å². The van der Waals surface area contributed by atoms with Gasteiger partial charge in [0.05, 0.1) is 30.2 Å². The number of Topliss-reactive ketones (excluding diaryl/α,β-unsaturated/α-hetero) is 1. The standard InChI is InChI=1S/C30H28O6S2/c1-17(2)5-14-25(37-20-10-6-18(35-3)7-11-20)22-15-23(31)27-24(32)16-26(30(34)28(27)29(22)33)38-21-12-8-19(36-4)9-13-21/h5-13,15-16,25,32,34H,14H2,1-4H3. The Morgan fingerprint density at radius 3 is 2.03 bits per heavy atom. The number of ether oxygens (including phenoxy) is 2. The van der Waals surface area contributed by atoms with Gasteiger partial charge in [0, 0.05) is 20.6 Å². The van der Waals surface area contributed by atoms with Gasteiger partial charge in [0.2, 0.25) is 0 Å². The first-order valence-corrected chi connectivity index (χ1v) is 13.6. The van der Waals surface area contributed by atoms with E-state index in [1.807, 2.05) is 44.2 Å². The lowest BCUT2D eigenvalue weighted by molar-refractivity contribution is 0.0976. The van der Waals surface area contributed by atoms with E-state index < -0.39 is 11.6 Å². The quantitative estimate of drug-likeness (QED) is 0.166. The number of phenolic OH excluding ortho intramolecular Hbond substituents is 2. The Morgan fingerprint density at radius 1 is 0.895 bits per heavy atom. The lowest BCUT2D eigenvalue weighted by Crippen LogP contribution is -2.24. The van der Waals surface area contributed by atoms with Gasteiger partial charge < -0.3 is 19.7 Å². The van der Waals surface area contributed by atoms with Crippen LogP contribution < -0.4 is 9.47 Å². The fraction of sp³-hybridized carbons (Fsp3) is 0.200. The first-order chi connectivity index (χ1) is 18.2. The number of hydrogen-bond acceptors (Lipinski definition) is 8. The van der Waals surface area contributed by atoms with Crippen LogP contribution in [0.4, 0.5) is 0 Å². The summed E-state index contributed by atoms with van der Waals surface area (Å²) < 4.78 is 10.4. The van der Waals surface area contributed by atoms with E-state index in [1.165, 1.54) is 35.7 Å². The van der Waals surface area contributed by atoms with Gasteiger partial charge in [0.25, 0.3) is 0 Å². The highest BCUT2D eigenvalue weighted by atomic mass is 32.2. The first kappa shape index (κ1) is 27.4. The van der Waals surface area contributed by atoms with Crippen molar-refractivity contribution in [1.29, 1.82) is 0 Å². The molecule has 1 aliphatic rings. The molecule has 3 aromatic carbocycles. The molecule has 1 atom stereocenters. The summed E-state index contributed by atoms with van der Waals surface area (Å²) in [4.78, 5) is 28.9. The molecule has 0 bridgehead atoms. The van der Waals surface area contributed by atoms with Crippen LogP contribution in [0.2, 0.25) is 0 Å². The average molecular weight is 549 g/mol. The highest BCUT2D eigenvalue weighted by Crippen LogP contribution is 2.46. The largest absolute Gasteiger partial charge is 0.507 e. The van der Waals surface area contributed by atoms with E-state index in [2.05, 4.69) is 0 Å². The minimum atomic E-state index is -0.513. The van der Waals surface area contributed by atoms with Crippen LogP contribution in [0.5, 0.6) is 23.0 Å². The van der Waals surface area contributed by atoms with Crippen molar-refractivity contribution in [3.05, 3.63) is 89.0 Å². The Kier molecular flexibility index (Phi) is 8.54. The van der Waals surface area contributed by atoms with Crippen molar-refractivity contribution in [3.63, 3.8) is 0 Å². The van der Waals surface area contributed by atoms with Gasteiger partial charge in [-0.25, -0.2) is 0 Å². The van der Waals surface area contributed by atoms with Crippen molar-refractivity contribution in [3.8, 4) is 23.0 Å². The first-order valence-electron chi connectivity index (χ1n) is 11.9. The molecule has 0 heterocycles. The van der Waals surface area contributed by atoms with Crippen LogP contribution in [0.25, 0.3) is 0 Å². The Balaban J connectivity index is 1.72. The summed E-state index contributed by atoms with van der Waals surface area (Å²) in [5, 5.41) is 21.5. The molecule has 0 spiro atoms. The minimum Gasteiger partial charge on any atom is -0.507 e. The van der Waals surface area contributed by atoms with Gasteiger partial charge in [0.15, 0.2) is 11.6 Å². The maximum Gasteiger partial charge on any atom is 0.194 e. The number of allylic oxidation sites excluding steroid dienone is 3. The highest BCUT2D eigenvalue weighted by Gasteiger charge is 2.36. The summed E-state index contributed by atoms with van der Waals surface area (Å²) in [5.41, 5.74) is 1.02. The molecule has 0 saturated heterocycles. The van der Waals surface area contributed by atoms with Crippen molar-refractivity contribution in [2.75, 3.05) is 14.2 Å². The molecule has 8 heteroatoms. The molecular formula is C30H28O6S2. The Hall–Kier alpha value is -3.62. The highest BCUT2D eigenvalue weighted by molar-refractivity contribution is 8.00. The molecule has 2 N–H and O–H groups in total. The molecule has 38 heavy (non-hydrogen) atoms. The van der Waals surface area contributed by atoms with Gasteiger partial charge in [-0.15, -0.1) is 11.8 Å². The van der Waals surface area contributed by atoms with E-state index in [0.717, 1.165) is 21.1 Å². The van der Waals surface area contributed by atoms with Crippen LogP contribution in [0.3, 0.4) is 0 Å². The van der Waals surface area contributed by atoms with Gasteiger partial charge >= 0.3 is 0 Å². The SMILES string of the molecule is COc1ccc(Sc2cc(O)c3c(c2O)C(=O)C(C(CC=C(C)C)Sc2ccc(OC)cc2)=CC3=O)cc1. The number of hydrogen-bond donors (Lipinski definition) is 2. The smallest absolute Gasteiger partial charge is 0.194 e. The van der Waals surface area contributed by atoms with Crippen LogP contribution in [0, 0.1) is 0 Å². The van der Waals surface area contributed by atoms with Crippen molar-refractivity contribution in [2.45, 2.75) is 40.2 Å². The number of fused-ring (bicyclic) bond motifs is 1. The normalized spacial score (nSPS) is 13.4. The van der Waals surface area contributed by atoms with E-state index in [0.29, 0.717) is 12.2 Å². The van der Waals surface area contributed by atoms with E-state index in [9.17, 15) is 19.8 Å². The molecule has 0 aromatic heterocycles. The fourth-order valence-electron chi connectivity index (χ4n) is 4.02. The number of carbonyl (C=O) groups is 2. The molecule has 0 radical (unpaired) electrons. The van der Waals surface area contributed by atoms with Crippen LogP contribution in [0.1, 0.15) is 41.0 Å². The van der Waals surface area contributed by atoms with E-state index in [4.69, 9.17) is 9.47 Å². The van der Waals surface area contributed by atoms with Gasteiger partial charge in [-0.05, 0) is 80.9 Å². The third-order valence-electron chi connectivity index (χ3n) is 5.98. The maximum absolute atomic E-state index is 13.8. The Labute approximate surface area is 230 Å². The maximum atomic E-state index is 13.8. The molecule has 0 aliphatic heterocycles. The molecule has 3 aromatic rings. The molecule has 0 amide bonds. The second-order valence-corrected chi connectivity index (χ2v) is 11.3. The van der Waals surface area contributed by atoms with Crippen molar-refractivity contribution < 1.29 is 29.3 Å². The van der Waals surface area contributed by atoms with E-state index in [1.54, 1.807) is 38.5 Å². The summed E-state index contributed by atoms with van der Waals surface area (Å²) in [6.07, 6.45) is 3.81. The van der Waals surface area contributed by atoms with Crippen LogP contribution in [-0.4, -0.2) is 41.2 Å². The fourth-order valence-corrected chi connectivity index (χ4v) is 6.03. The number of phenols is 2. The monoisotopic (exact) mass is 548 g/mol. The van der Waals surface area contributed by atoms with Gasteiger partial charge in [-0.1, -0.05) is 23.4 Å². The number of methoxy groups -OCH3 is 2. The number of rotatable bonds is 9. The third kappa shape index (κ3) is 5.92. The van der Waals surface area contributed by atoms with Crippen LogP contribution >= 0.6 is 23.5 Å². The lowest BCUT2D eigenvalue weighted by atomic mass is 9.86. The third-order valence-corrected chi connectivity index (χ3v) is 8.29. The topological polar surface area (TPSA) is 93.1 Å². The van der Waals surface area contributed by atoms with Crippen molar-refractivity contribution in [2.24, 2.45) is 0 Å². The van der Waals surface area contributed by atoms with Gasteiger partial charge in [0.1, 0.15) is 23.0 Å². The predicted molar refractivity (Wildman–Crippen MR) is 150 cm³/mol. The summed E-state index contributed by atoms with van der Waals surface area (Å²) in [6, 6.07) is 16.0. The van der Waals surface area contributed by atoms with Gasteiger partial charge in [-0.2, -0.15) is 0 Å². The summed E-state index contributed by atoms with van der Waals surface area (Å²) in [6.45, 7) is 3.94. The number of aromatic hydroxyl groups is 2. The number of carbonyl (C=O) groups excluding carboxylic acids is 2. The second-order valence-electron chi connectivity index (χ2n) is 8.86. The molecule has 6 nitrogen and oxygen atoms in total. The number of thioether (sulfide) groups is 1. The average Bonchev–Trinajstić information content (AvgIpc) is 2.91.